The van der Waals surface area contributed by atoms with Gasteiger partial charge in [0.2, 0.25) is 5.91 Å². The number of ether oxygens (including phenoxy) is 1. The van der Waals surface area contributed by atoms with Crippen LogP contribution < -0.4 is 0 Å². The number of H-pyrrole nitrogens is 1. The molecule has 1 fully saturated rings. The molecule has 1 saturated heterocycles. The molecule has 2 rings (SSSR count). The molecule has 0 aromatic carbocycles. The summed E-state index contributed by atoms with van der Waals surface area (Å²) in [6, 6.07) is 0.276. The summed E-state index contributed by atoms with van der Waals surface area (Å²) in [7, 11) is 5.37. The van der Waals surface area contributed by atoms with Crippen LogP contribution in [0.15, 0.2) is 12.4 Å². The van der Waals surface area contributed by atoms with E-state index >= 15 is 0 Å². The number of hydrogen-bond donors (Lipinski definition) is 1. The van der Waals surface area contributed by atoms with Gasteiger partial charge in [-0.1, -0.05) is 0 Å². The molecule has 2 atom stereocenters. The third-order valence-corrected chi connectivity index (χ3v) is 4.20. The summed E-state index contributed by atoms with van der Waals surface area (Å²) in [6.07, 6.45) is 7.39. The standard InChI is InChI=1S/C15H26N4O2/c1-18(2)15(20)7-6-12-13(21-3)5-4-10-19(12)11-14-16-8-9-17-14/h8-9,12-13H,4-7,10-11H2,1-3H3,(H,16,17)/t12-,13-/m0/s1. The van der Waals surface area contributed by atoms with Gasteiger partial charge < -0.3 is 14.6 Å². The molecule has 1 aliphatic rings. The monoisotopic (exact) mass is 294 g/mol. The van der Waals surface area contributed by atoms with Crippen LogP contribution >= 0.6 is 0 Å². The average Bonchev–Trinajstić information content (AvgIpc) is 2.98. The van der Waals surface area contributed by atoms with Gasteiger partial charge in [-0.05, 0) is 25.8 Å². The summed E-state index contributed by atoms with van der Waals surface area (Å²) in [6.45, 7) is 1.81. The number of carbonyl (C=O) groups excluding carboxylic acids is 1. The zero-order chi connectivity index (χ0) is 15.2. The van der Waals surface area contributed by atoms with E-state index in [1.54, 1.807) is 32.3 Å². The number of aromatic amines is 1. The first-order valence-corrected chi connectivity index (χ1v) is 7.57. The number of likely N-dealkylation sites (tertiary alicyclic amines) is 1. The zero-order valence-electron chi connectivity index (χ0n) is 13.2. The van der Waals surface area contributed by atoms with Crippen molar-refractivity contribution in [3.63, 3.8) is 0 Å². The molecule has 21 heavy (non-hydrogen) atoms. The van der Waals surface area contributed by atoms with E-state index in [-0.39, 0.29) is 18.1 Å². The minimum absolute atomic E-state index is 0.174. The van der Waals surface area contributed by atoms with E-state index in [0.717, 1.165) is 38.2 Å². The van der Waals surface area contributed by atoms with Gasteiger partial charge in [0.1, 0.15) is 5.82 Å². The third kappa shape index (κ3) is 4.28. The minimum Gasteiger partial charge on any atom is -0.380 e. The van der Waals surface area contributed by atoms with E-state index < -0.39 is 0 Å². The molecule has 0 saturated carbocycles. The SMILES string of the molecule is CO[C@H]1CCCN(Cc2ncc[nH]2)[C@H]1CCC(=O)N(C)C. The number of aromatic nitrogens is 2. The summed E-state index contributed by atoms with van der Waals surface area (Å²) in [4.78, 5) is 23.4. The number of amides is 1. The van der Waals surface area contributed by atoms with Crippen molar-refractivity contribution >= 4 is 5.91 Å². The maximum atomic E-state index is 11.9. The highest BCUT2D eigenvalue weighted by Crippen LogP contribution is 2.25. The molecular weight excluding hydrogens is 268 g/mol. The lowest BCUT2D eigenvalue weighted by Gasteiger charge is -2.40. The highest BCUT2D eigenvalue weighted by molar-refractivity contribution is 5.75. The van der Waals surface area contributed by atoms with Gasteiger partial charge in [0.05, 0.1) is 12.6 Å². The minimum atomic E-state index is 0.174. The van der Waals surface area contributed by atoms with Gasteiger partial charge in [-0.2, -0.15) is 0 Å². The quantitative estimate of drug-likeness (QED) is 0.858. The third-order valence-electron chi connectivity index (χ3n) is 4.20. The molecule has 118 valence electrons. The van der Waals surface area contributed by atoms with Gasteiger partial charge in [-0.3, -0.25) is 9.69 Å². The van der Waals surface area contributed by atoms with Gasteiger partial charge in [-0.25, -0.2) is 4.98 Å². The van der Waals surface area contributed by atoms with Crippen molar-refractivity contribution in [1.29, 1.82) is 0 Å². The molecule has 1 aliphatic heterocycles. The Morgan fingerprint density at radius 2 is 2.38 bits per heavy atom. The Hall–Kier alpha value is -1.40. The zero-order valence-corrected chi connectivity index (χ0v) is 13.2. The molecule has 1 N–H and O–H groups in total. The number of methoxy groups -OCH3 is 1. The molecule has 0 bridgehead atoms. The number of rotatable bonds is 6. The summed E-state index contributed by atoms with van der Waals surface area (Å²) < 4.78 is 5.65. The summed E-state index contributed by atoms with van der Waals surface area (Å²) in [5.74, 6) is 1.14. The van der Waals surface area contributed by atoms with Crippen LogP contribution in [0.25, 0.3) is 0 Å². The van der Waals surface area contributed by atoms with Gasteiger partial charge in [-0.15, -0.1) is 0 Å². The fourth-order valence-electron chi connectivity index (χ4n) is 3.00. The van der Waals surface area contributed by atoms with Crippen molar-refractivity contribution in [3.05, 3.63) is 18.2 Å². The number of nitrogens with zero attached hydrogens (tertiary/aromatic N) is 3. The second-order valence-corrected chi connectivity index (χ2v) is 5.82. The Balaban J connectivity index is 2.00. The van der Waals surface area contributed by atoms with E-state index in [1.807, 2.05) is 6.20 Å². The van der Waals surface area contributed by atoms with Crippen molar-refractivity contribution < 1.29 is 9.53 Å². The van der Waals surface area contributed by atoms with Gasteiger partial charge in [0, 0.05) is 46.1 Å². The molecular formula is C15H26N4O2. The second kappa shape index (κ2) is 7.56. The summed E-state index contributed by atoms with van der Waals surface area (Å²) in [5.41, 5.74) is 0. The lowest BCUT2D eigenvalue weighted by Crippen LogP contribution is -2.49. The first-order valence-electron chi connectivity index (χ1n) is 7.57. The molecule has 0 unspecified atom stereocenters. The summed E-state index contributed by atoms with van der Waals surface area (Å²) in [5, 5.41) is 0. The van der Waals surface area contributed by atoms with E-state index in [2.05, 4.69) is 14.9 Å². The molecule has 0 spiro atoms. The molecule has 1 aromatic heterocycles. The first kappa shape index (κ1) is 16.0. The van der Waals surface area contributed by atoms with Crippen molar-refractivity contribution in [2.75, 3.05) is 27.7 Å². The van der Waals surface area contributed by atoms with E-state index in [4.69, 9.17) is 4.74 Å². The fourth-order valence-corrected chi connectivity index (χ4v) is 3.00. The topological polar surface area (TPSA) is 61.5 Å². The Morgan fingerprint density at radius 3 is 3.00 bits per heavy atom. The van der Waals surface area contributed by atoms with Crippen LogP contribution in [-0.4, -0.2) is 65.6 Å². The Bertz CT molecular complexity index is 433. The highest BCUT2D eigenvalue weighted by atomic mass is 16.5. The van der Waals surface area contributed by atoms with Crippen LogP contribution in [-0.2, 0) is 16.1 Å². The molecule has 6 nitrogen and oxygen atoms in total. The van der Waals surface area contributed by atoms with Crippen molar-refractivity contribution in [3.8, 4) is 0 Å². The molecule has 6 heteroatoms. The molecule has 0 aliphatic carbocycles. The molecule has 0 radical (unpaired) electrons. The van der Waals surface area contributed by atoms with Crippen LogP contribution in [0, 0.1) is 0 Å². The van der Waals surface area contributed by atoms with Crippen LogP contribution in [0.4, 0.5) is 0 Å². The van der Waals surface area contributed by atoms with Crippen LogP contribution in [0.3, 0.4) is 0 Å². The lowest BCUT2D eigenvalue weighted by atomic mass is 9.94. The van der Waals surface area contributed by atoms with E-state index in [9.17, 15) is 4.79 Å². The molecule has 2 heterocycles. The smallest absolute Gasteiger partial charge is 0.222 e. The predicted octanol–water partition coefficient (Wildman–Crippen LogP) is 1.26. The van der Waals surface area contributed by atoms with Gasteiger partial charge in [0.25, 0.3) is 0 Å². The Labute approximate surface area is 126 Å². The lowest BCUT2D eigenvalue weighted by molar-refractivity contribution is -0.129. The predicted molar refractivity (Wildman–Crippen MR) is 80.7 cm³/mol. The van der Waals surface area contributed by atoms with Crippen molar-refractivity contribution in [1.82, 2.24) is 19.8 Å². The fraction of sp³-hybridized carbons (Fsp3) is 0.733. The average molecular weight is 294 g/mol. The van der Waals surface area contributed by atoms with E-state index in [0.29, 0.717) is 6.42 Å². The molecule has 1 amide bonds. The van der Waals surface area contributed by atoms with Crippen LogP contribution in [0.5, 0.6) is 0 Å². The number of hydrogen-bond acceptors (Lipinski definition) is 4. The maximum absolute atomic E-state index is 11.9. The number of carbonyl (C=O) groups is 1. The largest absolute Gasteiger partial charge is 0.380 e. The van der Waals surface area contributed by atoms with Crippen LogP contribution in [0.2, 0.25) is 0 Å². The van der Waals surface area contributed by atoms with Crippen molar-refractivity contribution in [2.24, 2.45) is 0 Å². The van der Waals surface area contributed by atoms with E-state index in [1.165, 1.54) is 0 Å². The van der Waals surface area contributed by atoms with Crippen LogP contribution in [0.1, 0.15) is 31.5 Å². The van der Waals surface area contributed by atoms with Crippen molar-refractivity contribution in [2.45, 2.75) is 44.4 Å². The number of nitrogens with one attached hydrogen (secondary N) is 1. The second-order valence-electron chi connectivity index (χ2n) is 5.82. The van der Waals surface area contributed by atoms with Gasteiger partial charge >= 0.3 is 0 Å². The maximum Gasteiger partial charge on any atom is 0.222 e. The highest BCUT2D eigenvalue weighted by Gasteiger charge is 2.32. The molecule has 1 aromatic rings. The number of piperidine rings is 1. The normalized spacial score (nSPS) is 23.2. The Morgan fingerprint density at radius 1 is 1.57 bits per heavy atom. The number of imidazole rings is 1. The summed E-state index contributed by atoms with van der Waals surface area (Å²) >= 11 is 0. The first-order chi connectivity index (χ1) is 10.1. The Kier molecular flexibility index (Phi) is 5.76. The van der Waals surface area contributed by atoms with Gasteiger partial charge in [0.15, 0.2) is 0 Å².